The second kappa shape index (κ2) is 6.51. The van der Waals surface area contributed by atoms with Gasteiger partial charge in [-0.1, -0.05) is 13.8 Å². The summed E-state index contributed by atoms with van der Waals surface area (Å²) in [5.74, 6) is 0. The van der Waals surface area contributed by atoms with Crippen LogP contribution < -0.4 is 0 Å². The van der Waals surface area contributed by atoms with Gasteiger partial charge in [-0.15, -0.1) is 0 Å². The van der Waals surface area contributed by atoms with Crippen molar-refractivity contribution in [3.05, 3.63) is 21.5 Å². The Morgan fingerprint density at radius 3 is 2.50 bits per heavy atom. The number of nitriles is 1. The molecule has 0 aliphatic rings. The van der Waals surface area contributed by atoms with Crippen molar-refractivity contribution in [2.24, 2.45) is 5.41 Å². The highest BCUT2D eigenvalue weighted by Gasteiger charge is 2.25. The molecule has 1 aromatic heterocycles. The van der Waals surface area contributed by atoms with Gasteiger partial charge in [0.2, 0.25) is 0 Å². The lowest BCUT2D eigenvalue weighted by Crippen LogP contribution is -2.11. The number of nitrogens with zero attached hydrogens (tertiary/aromatic N) is 4. The molecule has 1 aromatic rings. The predicted octanol–water partition coefficient (Wildman–Crippen LogP) is 3.25. The zero-order valence-corrected chi connectivity index (χ0v) is 12.6. The van der Waals surface area contributed by atoms with Crippen LogP contribution >= 0.6 is 0 Å². The maximum atomic E-state index is 11.2. The molecule has 0 atom stereocenters. The van der Waals surface area contributed by atoms with Crippen LogP contribution in [-0.2, 0) is 19.4 Å². The smallest absolute Gasteiger partial charge is 0.262 e. The quantitative estimate of drug-likeness (QED) is 0.566. The van der Waals surface area contributed by atoms with Gasteiger partial charge < -0.3 is 0 Å². The van der Waals surface area contributed by atoms with Gasteiger partial charge in [0.25, 0.3) is 0 Å². The maximum absolute atomic E-state index is 11.2. The minimum Gasteiger partial charge on any atom is -0.262 e. The summed E-state index contributed by atoms with van der Waals surface area (Å²) in [6, 6.07) is 2.26. The fourth-order valence-corrected chi connectivity index (χ4v) is 2.25. The normalized spacial score (nSPS) is 11.3. The summed E-state index contributed by atoms with van der Waals surface area (Å²) in [7, 11) is 0. The number of aryl methyl sites for hydroxylation is 2. The highest BCUT2D eigenvalue weighted by atomic mass is 16.6. The Morgan fingerprint density at radius 1 is 1.40 bits per heavy atom. The van der Waals surface area contributed by atoms with Gasteiger partial charge in [-0.3, -0.25) is 14.8 Å². The first-order valence-electron chi connectivity index (χ1n) is 7.00. The summed E-state index contributed by atoms with van der Waals surface area (Å²) >= 11 is 0. The summed E-state index contributed by atoms with van der Waals surface area (Å²) in [5, 5.41) is 24.5. The Hall–Kier alpha value is -1.90. The van der Waals surface area contributed by atoms with Crippen molar-refractivity contribution in [1.29, 1.82) is 5.26 Å². The largest absolute Gasteiger partial charge is 0.313 e. The Bertz CT molecular complexity index is 526. The van der Waals surface area contributed by atoms with Gasteiger partial charge in [-0.25, -0.2) is 0 Å². The number of hydrogen-bond donors (Lipinski definition) is 0. The molecule has 0 aliphatic carbocycles. The van der Waals surface area contributed by atoms with E-state index in [0.717, 1.165) is 12.8 Å². The third-order valence-electron chi connectivity index (χ3n) is 3.43. The van der Waals surface area contributed by atoms with Gasteiger partial charge in [0.1, 0.15) is 11.4 Å². The molecule has 6 heteroatoms. The molecule has 20 heavy (non-hydrogen) atoms. The first-order chi connectivity index (χ1) is 9.36. The van der Waals surface area contributed by atoms with Gasteiger partial charge in [0.05, 0.1) is 16.4 Å². The van der Waals surface area contributed by atoms with E-state index >= 15 is 0 Å². The molecule has 0 amide bonds. The van der Waals surface area contributed by atoms with E-state index in [-0.39, 0.29) is 16.0 Å². The molecule has 0 N–H and O–H groups in total. The molecule has 0 radical (unpaired) electrons. The topological polar surface area (TPSA) is 84.8 Å². The lowest BCUT2D eigenvalue weighted by Gasteiger charge is -2.14. The standard InChI is InChI=1S/C14H22N4O2/c1-5-11-13(18(19)20)12(6-2)17(16-11)9-7-8-14(3,4)10-15/h5-9H2,1-4H3. The third kappa shape index (κ3) is 3.56. The van der Waals surface area contributed by atoms with Crippen LogP contribution in [0, 0.1) is 26.9 Å². The Morgan fingerprint density at radius 2 is 2.05 bits per heavy atom. The molecular weight excluding hydrogens is 256 g/mol. The predicted molar refractivity (Wildman–Crippen MR) is 76.3 cm³/mol. The van der Waals surface area contributed by atoms with Crippen LogP contribution in [0.3, 0.4) is 0 Å². The average Bonchev–Trinajstić information content (AvgIpc) is 2.76. The van der Waals surface area contributed by atoms with Crippen molar-refractivity contribution in [3.8, 4) is 6.07 Å². The lowest BCUT2D eigenvalue weighted by atomic mass is 9.90. The van der Waals surface area contributed by atoms with Gasteiger partial charge >= 0.3 is 5.69 Å². The molecular formula is C14H22N4O2. The average molecular weight is 278 g/mol. The van der Waals surface area contributed by atoms with Gasteiger partial charge in [-0.2, -0.15) is 10.4 Å². The van der Waals surface area contributed by atoms with Crippen LogP contribution in [0.4, 0.5) is 5.69 Å². The van der Waals surface area contributed by atoms with E-state index in [9.17, 15) is 10.1 Å². The molecule has 110 valence electrons. The molecule has 0 unspecified atom stereocenters. The highest BCUT2D eigenvalue weighted by molar-refractivity contribution is 5.41. The maximum Gasteiger partial charge on any atom is 0.313 e. The van der Waals surface area contributed by atoms with Gasteiger partial charge in [0, 0.05) is 6.54 Å². The molecule has 1 rings (SSSR count). The van der Waals surface area contributed by atoms with Gasteiger partial charge in [-0.05, 0) is 39.5 Å². The summed E-state index contributed by atoms with van der Waals surface area (Å²) in [5.41, 5.74) is 1.03. The molecule has 1 heterocycles. The number of hydrogen-bond acceptors (Lipinski definition) is 4. The summed E-state index contributed by atoms with van der Waals surface area (Å²) < 4.78 is 1.74. The minimum atomic E-state index is -0.362. The van der Waals surface area contributed by atoms with Crippen LogP contribution in [0.1, 0.15) is 51.9 Å². The molecule has 0 aromatic carbocycles. The second-order valence-corrected chi connectivity index (χ2v) is 5.53. The molecule has 0 aliphatic heterocycles. The van der Waals surface area contributed by atoms with E-state index in [4.69, 9.17) is 5.26 Å². The Kier molecular flexibility index (Phi) is 5.26. The Labute approximate surface area is 119 Å². The fourth-order valence-electron chi connectivity index (χ4n) is 2.25. The molecule has 0 fully saturated rings. The summed E-state index contributed by atoms with van der Waals surface area (Å²) in [4.78, 5) is 10.8. The molecule has 6 nitrogen and oxygen atoms in total. The van der Waals surface area contributed by atoms with Gasteiger partial charge in [0.15, 0.2) is 0 Å². The number of aromatic nitrogens is 2. The summed E-state index contributed by atoms with van der Waals surface area (Å²) in [6.45, 7) is 8.19. The van der Waals surface area contributed by atoms with Crippen molar-refractivity contribution < 1.29 is 4.92 Å². The van der Waals surface area contributed by atoms with Crippen LogP contribution in [-0.4, -0.2) is 14.7 Å². The lowest BCUT2D eigenvalue weighted by molar-refractivity contribution is -0.386. The van der Waals surface area contributed by atoms with Crippen molar-refractivity contribution >= 4 is 5.69 Å². The van der Waals surface area contributed by atoms with Crippen molar-refractivity contribution in [3.63, 3.8) is 0 Å². The zero-order chi connectivity index (χ0) is 15.3. The van der Waals surface area contributed by atoms with E-state index < -0.39 is 0 Å². The molecule has 0 bridgehead atoms. The number of rotatable bonds is 7. The van der Waals surface area contributed by atoms with E-state index in [1.54, 1.807) is 4.68 Å². The Balaban J connectivity index is 2.91. The van der Waals surface area contributed by atoms with E-state index in [1.807, 2.05) is 27.7 Å². The van der Waals surface area contributed by atoms with Crippen molar-refractivity contribution in [1.82, 2.24) is 9.78 Å². The van der Waals surface area contributed by atoms with Crippen LogP contribution in [0.15, 0.2) is 0 Å². The fraction of sp³-hybridized carbons (Fsp3) is 0.714. The monoisotopic (exact) mass is 278 g/mol. The molecule has 0 saturated carbocycles. The van der Waals surface area contributed by atoms with E-state index in [0.29, 0.717) is 30.8 Å². The molecule has 0 saturated heterocycles. The third-order valence-corrected chi connectivity index (χ3v) is 3.43. The first-order valence-corrected chi connectivity index (χ1v) is 7.00. The minimum absolute atomic E-state index is 0.162. The van der Waals surface area contributed by atoms with Crippen LogP contribution in [0.2, 0.25) is 0 Å². The first kappa shape index (κ1) is 16.2. The van der Waals surface area contributed by atoms with Crippen LogP contribution in [0.25, 0.3) is 0 Å². The number of nitro groups is 1. The van der Waals surface area contributed by atoms with Crippen molar-refractivity contribution in [2.45, 2.75) is 59.9 Å². The van der Waals surface area contributed by atoms with E-state index in [2.05, 4.69) is 11.2 Å². The molecule has 0 spiro atoms. The second-order valence-electron chi connectivity index (χ2n) is 5.53. The summed E-state index contributed by atoms with van der Waals surface area (Å²) in [6.07, 6.45) is 2.68. The van der Waals surface area contributed by atoms with Crippen LogP contribution in [0.5, 0.6) is 0 Å². The SMILES string of the molecule is CCc1nn(CCCC(C)(C)C#N)c(CC)c1[N+](=O)[O-]. The highest BCUT2D eigenvalue weighted by Crippen LogP contribution is 2.26. The zero-order valence-electron chi connectivity index (χ0n) is 12.6. The van der Waals surface area contributed by atoms with E-state index in [1.165, 1.54) is 0 Å². The van der Waals surface area contributed by atoms with Crippen molar-refractivity contribution in [2.75, 3.05) is 0 Å².